The Balaban J connectivity index is 1.79. The summed E-state index contributed by atoms with van der Waals surface area (Å²) in [5.41, 5.74) is 0.742. The fourth-order valence-electron chi connectivity index (χ4n) is 2.55. The maximum Gasteiger partial charge on any atom is 0.253 e. The molecule has 0 aromatic carbocycles. The molecule has 1 amide bonds. The van der Waals surface area contributed by atoms with Crippen molar-refractivity contribution in [1.82, 2.24) is 15.0 Å². The summed E-state index contributed by atoms with van der Waals surface area (Å²) in [4.78, 5) is 18.6. The SMILES string of the molecule is CCc1nc([C@@H]2CCCN2C(=O)C2=COCC2)no1. The minimum Gasteiger partial charge on any atom is -0.500 e. The molecular weight excluding hydrogens is 246 g/mol. The number of nitrogens with zero attached hydrogens (tertiary/aromatic N) is 3. The van der Waals surface area contributed by atoms with E-state index < -0.39 is 0 Å². The lowest BCUT2D eigenvalue weighted by Gasteiger charge is -2.22. The summed E-state index contributed by atoms with van der Waals surface area (Å²) in [5, 5.41) is 4.00. The Labute approximate surface area is 111 Å². The zero-order valence-corrected chi connectivity index (χ0v) is 11.0. The average molecular weight is 263 g/mol. The molecule has 0 N–H and O–H groups in total. The Bertz CT molecular complexity index is 509. The van der Waals surface area contributed by atoms with Gasteiger partial charge in [-0.05, 0) is 12.8 Å². The largest absolute Gasteiger partial charge is 0.500 e. The third-order valence-electron chi connectivity index (χ3n) is 3.59. The molecule has 0 bridgehead atoms. The summed E-state index contributed by atoms with van der Waals surface area (Å²) in [6, 6.07) is -0.0574. The first-order valence-corrected chi connectivity index (χ1v) is 6.73. The first-order chi connectivity index (χ1) is 9.29. The monoisotopic (exact) mass is 263 g/mol. The van der Waals surface area contributed by atoms with Crippen molar-refractivity contribution >= 4 is 5.91 Å². The van der Waals surface area contributed by atoms with Crippen molar-refractivity contribution in [3.63, 3.8) is 0 Å². The highest BCUT2D eigenvalue weighted by atomic mass is 16.5. The highest BCUT2D eigenvalue weighted by molar-refractivity contribution is 5.93. The van der Waals surface area contributed by atoms with Gasteiger partial charge in [0.15, 0.2) is 5.82 Å². The molecule has 1 saturated heterocycles. The van der Waals surface area contributed by atoms with Gasteiger partial charge in [0.05, 0.1) is 24.5 Å². The summed E-state index contributed by atoms with van der Waals surface area (Å²) in [5.74, 6) is 1.29. The van der Waals surface area contributed by atoms with Crippen LogP contribution in [0.1, 0.15) is 43.9 Å². The number of amides is 1. The van der Waals surface area contributed by atoms with E-state index in [4.69, 9.17) is 9.26 Å². The van der Waals surface area contributed by atoms with Gasteiger partial charge in [-0.2, -0.15) is 4.98 Å². The molecule has 102 valence electrons. The normalized spacial score (nSPS) is 22.5. The van der Waals surface area contributed by atoms with Crippen LogP contribution in [0.25, 0.3) is 0 Å². The van der Waals surface area contributed by atoms with Crippen molar-refractivity contribution in [2.75, 3.05) is 13.2 Å². The van der Waals surface area contributed by atoms with E-state index in [9.17, 15) is 4.79 Å². The number of carbonyl (C=O) groups excluding carboxylic acids is 1. The summed E-state index contributed by atoms with van der Waals surface area (Å²) >= 11 is 0. The topological polar surface area (TPSA) is 68.5 Å². The summed E-state index contributed by atoms with van der Waals surface area (Å²) < 4.78 is 10.3. The predicted octanol–water partition coefficient (Wildman–Crippen LogP) is 1.60. The Morgan fingerprint density at radius 3 is 3.16 bits per heavy atom. The van der Waals surface area contributed by atoms with Crippen molar-refractivity contribution < 1.29 is 14.1 Å². The van der Waals surface area contributed by atoms with Crippen LogP contribution in [-0.2, 0) is 16.0 Å². The summed E-state index contributed by atoms with van der Waals surface area (Å²) in [7, 11) is 0. The van der Waals surface area contributed by atoms with Crippen LogP contribution < -0.4 is 0 Å². The standard InChI is InChI=1S/C13H17N3O3/c1-2-11-14-12(15-19-11)10-4-3-6-16(10)13(17)9-5-7-18-8-9/h8,10H,2-7H2,1H3/t10-/m0/s1. The first-order valence-electron chi connectivity index (χ1n) is 6.73. The highest BCUT2D eigenvalue weighted by Gasteiger charge is 2.35. The molecule has 6 nitrogen and oxygen atoms in total. The van der Waals surface area contributed by atoms with Crippen molar-refractivity contribution in [1.29, 1.82) is 0 Å². The van der Waals surface area contributed by atoms with Gasteiger partial charge in [-0.25, -0.2) is 0 Å². The molecule has 1 fully saturated rings. The lowest BCUT2D eigenvalue weighted by atomic mass is 10.1. The molecule has 0 spiro atoms. The van der Waals surface area contributed by atoms with E-state index in [0.29, 0.717) is 31.2 Å². The smallest absolute Gasteiger partial charge is 0.253 e. The van der Waals surface area contributed by atoms with Crippen molar-refractivity contribution in [3.05, 3.63) is 23.6 Å². The Morgan fingerprint density at radius 1 is 1.58 bits per heavy atom. The van der Waals surface area contributed by atoms with Crippen LogP contribution in [0, 0.1) is 0 Å². The van der Waals surface area contributed by atoms with Gasteiger partial charge in [-0.15, -0.1) is 0 Å². The van der Waals surface area contributed by atoms with E-state index in [2.05, 4.69) is 10.1 Å². The highest BCUT2D eigenvalue weighted by Crippen LogP contribution is 2.32. The van der Waals surface area contributed by atoms with E-state index >= 15 is 0 Å². The lowest BCUT2D eigenvalue weighted by molar-refractivity contribution is -0.128. The van der Waals surface area contributed by atoms with Gasteiger partial charge >= 0.3 is 0 Å². The molecular formula is C13H17N3O3. The molecule has 3 heterocycles. The molecule has 0 saturated carbocycles. The zero-order chi connectivity index (χ0) is 13.2. The summed E-state index contributed by atoms with van der Waals surface area (Å²) in [6.07, 6.45) is 4.84. The van der Waals surface area contributed by atoms with E-state index in [-0.39, 0.29) is 11.9 Å². The van der Waals surface area contributed by atoms with Gasteiger partial charge in [0, 0.05) is 19.4 Å². The summed E-state index contributed by atoms with van der Waals surface area (Å²) in [6.45, 7) is 3.31. The second-order valence-electron chi connectivity index (χ2n) is 4.82. The number of aryl methyl sites for hydroxylation is 1. The number of rotatable bonds is 3. The van der Waals surface area contributed by atoms with Gasteiger partial charge in [-0.1, -0.05) is 12.1 Å². The second kappa shape index (κ2) is 5.03. The van der Waals surface area contributed by atoms with Crippen LogP contribution in [0.15, 0.2) is 16.4 Å². The molecule has 2 aliphatic heterocycles. The number of hydrogen-bond acceptors (Lipinski definition) is 5. The number of hydrogen-bond donors (Lipinski definition) is 0. The van der Waals surface area contributed by atoms with Gasteiger partial charge in [-0.3, -0.25) is 4.79 Å². The van der Waals surface area contributed by atoms with Crippen LogP contribution in [0.4, 0.5) is 0 Å². The molecule has 0 unspecified atom stereocenters. The maximum absolute atomic E-state index is 12.4. The third kappa shape index (κ3) is 2.22. The molecule has 3 rings (SSSR count). The minimum atomic E-state index is -0.0574. The molecule has 6 heteroatoms. The van der Waals surface area contributed by atoms with Gasteiger partial charge in [0.25, 0.3) is 5.91 Å². The first kappa shape index (κ1) is 12.2. The number of carbonyl (C=O) groups is 1. The van der Waals surface area contributed by atoms with Crippen LogP contribution in [0.5, 0.6) is 0 Å². The molecule has 1 atom stereocenters. The Kier molecular flexibility index (Phi) is 3.23. The maximum atomic E-state index is 12.4. The fraction of sp³-hybridized carbons (Fsp3) is 0.615. The zero-order valence-electron chi connectivity index (χ0n) is 11.0. The van der Waals surface area contributed by atoms with Crippen molar-refractivity contribution in [2.45, 2.75) is 38.6 Å². The molecule has 0 radical (unpaired) electrons. The quantitative estimate of drug-likeness (QED) is 0.828. The van der Waals surface area contributed by atoms with Gasteiger partial charge in [0.2, 0.25) is 5.89 Å². The molecule has 1 aromatic heterocycles. The molecule has 1 aromatic rings. The fourth-order valence-corrected chi connectivity index (χ4v) is 2.55. The van der Waals surface area contributed by atoms with E-state index in [1.54, 1.807) is 6.26 Å². The number of likely N-dealkylation sites (tertiary alicyclic amines) is 1. The number of aromatic nitrogens is 2. The van der Waals surface area contributed by atoms with Crippen molar-refractivity contribution in [3.8, 4) is 0 Å². The Morgan fingerprint density at radius 2 is 2.47 bits per heavy atom. The molecule has 2 aliphatic rings. The van der Waals surface area contributed by atoms with Crippen LogP contribution in [-0.4, -0.2) is 34.1 Å². The van der Waals surface area contributed by atoms with Gasteiger partial charge < -0.3 is 14.2 Å². The second-order valence-corrected chi connectivity index (χ2v) is 4.82. The van der Waals surface area contributed by atoms with E-state index in [1.165, 1.54) is 0 Å². The van der Waals surface area contributed by atoms with Crippen LogP contribution >= 0.6 is 0 Å². The minimum absolute atomic E-state index is 0.0443. The third-order valence-corrected chi connectivity index (χ3v) is 3.59. The molecule has 0 aliphatic carbocycles. The van der Waals surface area contributed by atoms with E-state index in [1.807, 2.05) is 11.8 Å². The lowest BCUT2D eigenvalue weighted by Crippen LogP contribution is -2.32. The number of ether oxygens (including phenoxy) is 1. The Hall–Kier alpha value is -1.85. The van der Waals surface area contributed by atoms with Crippen molar-refractivity contribution in [2.24, 2.45) is 0 Å². The van der Waals surface area contributed by atoms with Gasteiger partial charge in [0.1, 0.15) is 0 Å². The predicted molar refractivity (Wildman–Crippen MR) is 66.0 cm³/mol. The average Bonchev–Trinajstić information content (AvgIpc) is 3.16. The molecule has 19 heavy (non-hydrogen) atoms. The van der Waals surface area contributed by atoms with Crippen LogP contribution in [0.2, 0.25) is 0 Å². The van der Waals surface area contributed by atoms with E-state index in [0.717, 1.165) is 25.0 Å². The van der Waals surface area contributed by atoms with Crippen LogP contribution in [0.3, 0.4) is 0 Å².